The van der Waals surface area contributed by atoms with Crippen LogP contribution in [0.4, 0.5) is 0 Å². The van der Waals surface area contributed by atoms with E-state index in [-0.39, 0.29) is 19.6 Å². The molecule has 4 N–H and O–H groups in total. The Bertz CT molecular complexity index is 941. The number of rotatable bonds is 29. The monoisotopic (exact) mass is 694 g/mol. The number of unbranched alkanes of at least 4 members (excludes halogenated alkanes) is 12. The van der Waals surface area contributed by atoms with Crippen LogP contribution in [-0.4, -0.2) is 97.5 Å². The van der Waals surface area contributed by atoms with Crippen LogP contribution in [0.2, 0.25) is 0 Å². The van der Waals surface area contributed by atoms with Crippen molar-refractivity contribution in [2.45, 2.75) is 160 Å². The third-order valence-electron chi connectivity index (χ3n) is 7.83. The molecule has 0 amide bonds. The number of carbonyl (C=O) groups is 1. The Labute approximate surface area is 282 Å². The number of hydrogen-bond donors (Lipinski definition) is 4. The molecule has 1 rings (SSSR count). The lowest BCUT2D eigenvalue weighted by Gasteiger charge is -2.41. The molecule has 47 heavy (non-hydrogen) atoms. The van der Waals surface area contributed by atoms with Crippen LogP contribution in [0.25, 0.3) is 0 Å². The molecule has 13 heteroatoms. The first kappa shape index (κ1) is 43.6. The Morgan fingerprint density at radius 3 is 2.09 bits per heavy atom. The highest BCUT2D eigenvalue weighted by atomic mass is 32.3. The van der Waals surface area contributed by atoms with Gasteiger partial charge in [-0.1, -0.05) is 102 Å². The summed E-state index contributed by atoms with van der Waals surface area (Å²) in [7, 11) is -5.05. The van der Waals surface area contributed by atoms with Crippen molar-refractivity contribution < 1.29 is 56.2 Å². The summed E-state index contributed by atoms with van der Waals surface area (Å²) in [5, 5.41) is 30.3. The molecule has 276 valence electrons. The van der Waals surface area contributed by atoms with Crippen LogP contribution in [-0.2, 0) is 38.3 Å². The number of carbonyl (C=O) groups excluding carboxylic acids is 1. The second kappa shape index (κ2) is 27.4. The highest BCUT2D eigenvalue weighted by Crippen LogP contribution is 2.26. The van der Waals surface area contributed by atoms with Crippen LogP contribution in [0.5, 0.6) is 0 Å². The number of esters is 1. The maximum Gasteiger partial charge on any atom is 0.397 e. The summed E-state index contributed by atoms with van der Waals surface area (Å²) in [6.45, 7) is 3.79. The van der Waals surface area contributed by atoms with Crippen molar-refractivity contribution in [3.05, 3.63) is 24.3 Å². The van der Waals surface area contributed by atoms with Gasteiger partial charge in [-0.05, 0) is 38.5 Å². The summed E-state index contributed by atoms with van der Waals surface area (Å²) in [5.41, 5.74) is 0. The van der Waals surface area contributed by atoms with Crippen LogP contribution in [0.1, 0.15) is 123 Å². The van der Waals surface area contributed by atoms with Crippen LogP contribution >= 0.6 is 0 Å². The summed E-state index contributed by atoms with van der Waals surface area (Å²) in [6.07, 6.45) is 17.0. The predicted molar refractivity (Wildman–Crippen MR) is 179 cm³/mol. The summed E-state index contributed by atoms with van der Waals surface area (Å²) >= 11 is 0. The van der Waals surface area contributed by atoms with Gasteiger partial charge >= 0.3 is 16.4 Å². The van der Waals surface area contributed by atoms with E-state index in [1.54, 1.807) is 0 Å². The molecule has 1 aliphatic rings. The fourth-order valence-electron chi connectivity index (χ4n) is 5.10. The lowest BCUT2D eigenvalue weighted by molar-refractivity contribution is -0.301. The summed E-state index contributed by atoms with van der Waals surface area (Å²) < 4.78 is 58.4. The minimum atomic E-state index is -5.05. The van der Waals surface area contributed by atoms with Gasteiger partial charge in [0.15, 0.2) is 6.29 Å². The van der Waals surface area contributed by atoms with Gasteiger partial charge in [0.05, 0.1) is 19.8 Å². The minimum Gasteiger partial charge on any atom is -0.457 e. The SMILES string of the molecule is CCCC/C=C\C/C=C\CCCCCCCCOCC(COC1OC(CO)C(O)C(OS(=O)(=O)O)C1O)OC(=O)CCCCCCC. The van der Waals surface area contributed by atoms with Crippen molar-refractivity contribution >= 4 is 16.4 Å². The molecule has 1 aliphatic heterocycles. The molecule has 0 radical (unpaired) electrons. The average molecular weight is 695 g/mol. The van der Waals surface area contributed by atoms with E-state index in [4.69, 9.17) is 23.5 Å². The Morgan fingerprint density at radius 2 is 1.43 bits per heavy atom. The van der Waals surface area contributed by atoms with E-state index in [2.05, 4.69) is 42.3 Å². The van der Waals surface area contributed by atoms with E-state index in [1.807, 2.05) is 0 Å². The number of hydrogen-bond acceptors (Lipinski definition) is 11. The van der Waals surface area contributed by atoms with Crippen molar-refractivity contribution in [3.8, 4) is 0 Å². The van der Waals surface area contributed by atoms with Gasteiger partial charge in [0.1, 0.15) is 30.5 Å². The smallest absolute Gasteiger partial charge is 0.397 e. The van der Waals surface area contributed by atoms with Crippen LogP contribution in [0.3, 0.4) is 0 Å². The number of aliphatic hydroxyl groups excluding tert-OH is 3. The van der Waals surface area contributed by atoms with Crippen LogP contribution < -0.4 is 0 Å². The van der Waals surface area contributed by atoms with E-state index in [1.165, 1.54) is 25.7 Å². The van der Waals surface area contributed by atoms with Crippen molar-refractivity contribution in [1.29, 1.82) is 0 Å². The predicted octanol–water partition coefficient (Wildman–Crippen LogP) is 5.34. The topological polar surface area (TPSA) is 178 Å². The fraction of sp³-hybridized carbons (Fsp3) is 0.853. The Hall–Kier alpha value is -1.42. The Balaban J connectivity index is 2.47. The van der Waals surface area contributed by atoms with E-state index < -0.39 is 59.8 Å². The van der Waals surface area contributed by atoms with Crippen molar-refractivity contribution in [3.63, 3.8) is 0 Å². The normalized spacial score (nSPS) is 22.7. The summed E-state index contributed by atoms with van der Waals surface area (Å²) in [4.78, 5) is 12.5. The zero-order valence-electron chi connectivity index (χ0n) is 28.6. The van der Waals surface area contributed by atoms with Crippen molar-refractivity contribution in [2.75, 3.05) is 26.4 Å². The zero-order valence-corrected chi connectivity index (χ0v) is 29.4. The van der Waals surface area contributed by atoms with Crippen molar-refractivity contribution in [1.82, 2.24) is 0 Å². The van der Waals surface area contributed by atoms with Gasteiger partial charge in [0, 0.05) is 13.0 Å². The molecule has 1 fully saturated rings. The largest absolute Gasteiger partial charge is 0.457 e. The Kier molecular flexibility index (Phi) is 25.4. The Morgan fingerprint density at radius 1 is 0.809 bits per heavy atom. The molecular weight excluding hydrogens is 632 g/mol. The van der Waals surface area contributed by atoms with Crippen molar-refractivity contribution in [2.24, 2.45) is 0 Å². The van der Waals surface area contributed by atoms with E-state index in [0.29, 0.717) is 13.0 Å². The second-order valence-electron chi connectivity index (χ2n) is 12.1. The molecule has 0 aromatic carbocycles. The average Bonchev–Trinajstić information content (AvgIpc) is 3.03. The lowest BCUT2D eigenvalue weighted by atomic mass is 9.99. The number of ether oxygens (including phenoxy) is 4. The van der Waals surface area contributed by atoms with Gasteiger partial charge in [0.2, 0.25) is 0 Å². The molecule has 6 atom stereocenters. The molecule has 0 spiro atoms. The molecular formula is C34H62O12S. The maximum absolute atomic E-state index is 12.5. The van der Waals surface area contributed by atoms with Gasteiger partial charge in [-0.3, -0.25) is 9.35 Å². The van der Waals surface area contributed by atoms with Gasteiger partial charge in [-0.25, -0.2) is 4.18 Å². The van der Waals surface area contributed by atoms with E-state index in [0.717, 1.165) is 70.6 Å². The molecule has 0 aliphatic carbocycles. The third kappa shape index (κ3) is 22.0. The van der Waals surface area contributed by atoms with Gasteiger partial charge < -0.3 is 34.3 Å². The summed E-state index contributed by atoms with van der Waals surface area (Å²) in [5.74, 6) is -0.418. The third-order valence-corrected chi connectivity index (χ3v) is 8.29. The van der Waals surface area contributed by atoms with Gasteiger partial charge in [-0.15, -0.1) is 0 Å². The molecule has 0 aromatic rings. The van der Waals surface area contributed by atoms with E-state index >= 15 is 0 Å². The van der Waals surface area contributed by atoms with Crippen LogP contribution in [0.15, 0.2) is 24.3 Å². The molecule has 0 aromatic heterocycles. The molecule has 0 bridgehead atoms. The lowest BCUT2D eigenvalue weighted by Crippen LogP contribution is -2.60. The number of allylic oxidation sites excluding steroid dienone is 4. The highest BCUT2D eigenvalue weighted by Gasteiger charge is 2.48. The minimum absolute atomic E-state index is 0.0293. The fourth-order valence-corrected chi connectivity index (χ4v) is 5.61. The standard InChI is InChI=1S/C34H62O12S/c1-3-5-7-9-10-11-12-13-14-15-16-17-18-20-22-24-42-26-28(44-30(36)23-21-19-8-6-4-2)27-43-34-32(38)33(46-47(39,40)41)31(37)29(25-35)45-34/h9-10,12-13,28-29,31-35,37-38H,3-8,11,14-27H2,1-2H3,(H,39,40,41)/b10-9-,13-12-. The second-order valence-corrected chi connectivity index (χ2v) is 13.2. The first-order chi connectivity index (χ1) is 22.6. The first-order valence-electron chi connectivity index (χ1n) is 17.6. The molecule has 6 unspecified atom stereocenters. The van der Waals surface area contributed by atoms with E-state index in [9.17, 15) is 28.5 Å². The zero-order chi connectivity index (χ0) is 34.8. The quantitative estimate of drug-likeness (QED) is 0.0342. The molecule has 0 saturated carbocycles. The number of aliphatic hydroxyl groups is 3. The first-order valence-corrected chi connectivity index (χ1v) is 19.0. The molecule has 1 saturated heterocycles. The molecule has 12 nitrogen and oxygen atoms in total. The molecule has 1 heterocycles. The van der Waals surface area contributed by atoms with Crippen LogP contribution in [0, 0.1) is 0 Å². The van der Waals surface area contributed by atoms with Gasteiger partial charge in [0.25, 0.3) is 0 Å². The highest BCUT2D eigenvalue weighted by molar-refractivity contribution is 7.80. The summed E-state index contributed by atoms with van der Waals surface area (Å²) in [6, 6.07) is 0. The van der Waals surface area contributed by atoms with Gasteiger partial charge in [-0.2, -0.15) is 8.42 Å². The maximum atomic E-state index is 12.5.